The van der Waals surface area contributed by atoms with Gasteiger partial charge in [-0.3, -0.25) is 4.90 Å². The Bertz CT molecular complexity index is 469. The Balaban J connectivity index is 1.66. The summed E-state index contributed by atoms with van der Waals surface area (Å²) in [5.74, 6) is 0.894. The summed E-state index contributed by atoms with van der Waals surface area (Å²) in [6.07, 6.45) is 6.41. The first-order chi connectivity index (χ1) is 9.60. The highest BCUT2D eigenvalue weighted by Gasteiger charge is 2.39. The van der Waals surface area contributed by atoms with Crippen molar-refractivity contribution in [2.75, 3.05) is 19.7 Å². The first kappa shape index (κ1) is 14.5. The normalized spacial score (nSPS) is 27.9. The van der Waals surface area contributed by atoms with Crippen molar-refractivity contribution in [2.45, 2.75) is 52.5 Å². The first-order valence-corrected chi connectivity index (χ1v) is 8.68. The third-order valence-electron chi connectivity index (χ3n) is 4.87. The van der Waals surface area contributed by atoms with Gasteiger partial charge in [-0.1, -0.05) is 12.8 Å². The fraction of sp³-hybridized carbons (Fsp3) is 0.812. The Morgan fingerprint density at radius 2 is 2.20 bits per heavy atom. The van der Waals surface area contributed by atoms with Crippen molar-refractivity contribution in [2.24, 2.45) is 11.3 Å². The van der Waals surface area contributed by atoms with E-state index in [1.165, 1.54) is 47.7 Å². The summed E-state index contributed by atoms with van der Waals surface area (Å²) in [7, 11) is 0. The Labute approximate surface area is 126 Å². The molecule has 2 fully saturated rings. The van der Waals surface area contributed by atoms with Crippen molar-refractivity contribution in [1.82, 2.24) is 9.88 Å². The number of piperidine rings is 1. The average Bonchev–Trinajstić information content (AvgIpc) is 3.16. The molecule has 0 amide bonds. The van der Waals surface area contributed by atoms with Crippen molar-refractivity contribution in [3.63, 3.8) is 0 Å². The van der Waals surface area contributed by atoms with Crippen LogP contribution in [0.5, 0.6) is 0 Å². The number of aromatic nitrogens is 1. The standard InChI is InChI=1S/C16H26N2OS/c1-12-15(17-13(2)20-12)9-18-7-3-6-16(10-18,11-19)8-14-4-5-14/h14,19H,3-11H2,1-2H3/t16-/m1/s1. The number of nitrogens with zero attached hydrogens (tertiary/aromatic N) is 2. The van der Waals surface area contributed by atoms with Gasteiger partial charge in [0.1, 0.15) is 0 Å². The van der Waals surface area contributed by atoms with E-state index in [2.05, 4.69) is 23.7 Å². The predicted octanol–water partition coefficient (Wildman–Crippen LogP) is 3.13. The number of rotatable bonds is 5. The lowest BCUT2D eigenvalue weighted by Gasteiger charge is -2.42. The molecule has 4 heteroatoms. The minimum atomic E-state index is 0.165. The van der Waals surface area contributed by atoms with E-state index in [9.17, 15) is 5.11 Å². The number of thiazole rings is 1. The number of hydrogen-bond donors (Lipinski definition) is 1. The largest absolute Gasteiger partial charge is 0.396 e. The van der Waals surface area contributed by atoms with E-state index in [1.54, 1.807) is 11.3 Å². The van der Waals surface area contributed by atoms with Gasteiger partial charge < -0.3 is 5.11 Å². The second-order valence-electron chi connectivity index (χ2n) is 6.86. The molecule has 3 nitrogen and oxygen atoms in total. The SMILES string of the molecule is Cc1nc(CN2CCC[C@@](CO)(CC3CC3)C2)c(C)s1. The number of hydrogen-bond acceptors (Lipinski definition) is 4. The molecule has 20 heavy (non-hydrogen) atoms. The van der Waals surface area contributed by atoms with Crippen LogP contribution in [-0.4, -0.2) is 34.7 Å². The molecule has 0 spiro atoms. The van der Waals surface area contributed by atoms with Crippen molar-refractivity contribution in [3.05, 3.63) is 15.6 Å². The monoisotopic (exact) mass is 294 g/mol. The van der Waals surface area contributed by atoms with Crippen LogP contribution in [0.1, 0.15) is 47.7 Å². The van der Waals surface area contributed by atoms with Gasteiger partial charge in [-0.2, -0.15) is 0 Å². The van der Waals surface area contributed by atoms with Crippen LogP contribution in [0.15, 0.2) is 0 Å². The highest BCUT2D eigenvalue weighted by Crippen LogP contribution is 2.44. The lowest BCUT2D eigenvalue weighted by atomic mass is 9.76. The van der Waals surface area contributed by atoms with Crippen molar-refractivity contribution >= 4 is 11.3 Å². The van der Waals surface area contributed by atoms with Crippen LogP contribution in [0.3, 0.4) is 0 Å². The molecule has 1 aromatic heterocycles. The van der Waals surface area contributed by atoms with E-state index in [4.69, 9.17) is 0 Å². The smallest absolute Gasteiger partial charge is 0.0900 e. The van der Waals surface area contributed by atoms with Crippen molar-refractivity contribution < 1.29 is 5.11 Å². The molecule has 112 valence electrons. The van der Waals surface area contributed by atoms with Gasteiger partial charge in [0.05, 0.1) is 10.7 Å². The van der Waals surface area contributed by atoms with Crippen LogP contribution in [0.25, 0.3) is 0 Å². The maximum absolute atomic E-state index is 9.92. The molecule has 1 aliphatic heterocycles. The molecule has 1 saturated carbocycles. The average molecular weight is 294 g/mol. The van der Waals surface area contributed by atoms with E-state index < -0.39 is 0 Å². The van der Waals surface area contributed by atoms with Crippen LogP contribution in [0.4, 0.5) is 0 Å². The van der Waals surface area contributed by atoms with Gasteiger partial charge in [0.2, 0.25) is 0 Å². The molecule has 2 heterocycles. The minimum absolute atomic E-state index is 0.165. The predicted molar refractivity (Wildman–Crippen MR) is 83.0 cm³/mol. The zero-order valence-corrected chi connectivity index (χ0v) is 13.5. The molecule has 1 atom stereocenters. The molecule has 2 aliphatic rings. The summed E-state index contributed by atoms with van der Waals surface area (Å²) < 4.78 is 0. The van der Waals surface area contributed by atoms with E-state index in [0.717, 1.165) is 25.6 Å². The minimum Gasteiger partial charge on any atom is -0.396 e. The molecule has 3 rings (SSSR count). The summed E-state index contributed by atoms with van der Waals surface area (Å²) in [6, 6.07) is 0. The summed E-state index contributed by atoms with van der Waals surface area (Å²) in [5.41, 5.74) is 1.41. The van der Waals surface area contributed by atoms with Gasteiger partial charge in [-0.05, 0) is 45.6 Å². The summed E-state index contributed by atoms with van der Waals surface area (Å²) in [5, 5.41) is 11.1. The topological polar surface area (TPSA) is 36.4 Å². The van der Waals surface area contributed by atoms with Gasteiger partial charge >= 0.3 is 0 Å². The lowest BCUT2D eigenvalue weighted by molar-refractivity contribution is 0.0175. The van der Waals surface area contributed by atoms with Gasteiger partial charge in [-0.25, -0.2) is 4.98 Å². The molecule has 0 unspecified atom stereocenters. The van der Waals surface area contributed by atoms with E-state index in [1.807, 2.05) is 0 Å². The lowest BCUT2D eigenvalue weighted by Crippen LogP contribution is -2.45. The second-order valence-corrected chi connectivity index (χ2v) is 8.26. The number of aryl methyl sites for hydroxylation is 2. The molecule has 0 aromatic carbocycles. The van der Waals surface area contributed by atoms with Gasteiger partial charge in [0.15, 0.2) is 0 Å². The van der Waals surface area contributed by atoms with Crippen LogP contribution in [-0.2, 0) is 6.54 Å². The third kappa shape index (κ3) is 3.23. The Hall–Kier alpha value is -0.450. The molecule has 1 aromatic rings. The van der Waals surface area contributed by atoms with Gasteiger partial charge in [-0.15, -0.1) is 11.3 Å². The molecule has 0 radical (unpaired) electrons. The van der Waals surface area contributed by atoms with Crippen LogP contribution in [0.2, 0.25) is 0 Å². The third-order valence-corrected chi connectivity index (χ3v) is 5.80. The fourth-order valence-corrected chi connectivity index (χ4v) is 4.50. The zero-order valence-electron chi connectivity index (χ0n) is 12.7. The van der Waals surface area contributed by atoms with E-state index in [0.29, 0.717) is 6.61 Å². The molecular weight excluding hydrogens is 268 g/mol. The van der Waals surface area contributed by atoms with Gasteiger partial charge in [0.25, 0.3) is 0 Å². The van der Waals surface area contributed by atoms with Crippen LogP contribution < -0.4 is 0 Å². The highest BCUT2D eigenvalue weighted by atomic mass is 32.1. The Morgan fingerprint density at radius 1 is 1.40 bits per heavy atom. The summed E-state index contributed by atoms with van der Waals surface area (Å²) >= 11 is 1.80. The quantitative estimate of drug-likeness (QED) is 0.906. The maximum Gasteiger partial charge on any atom is 0.0900 e. The Morgan fingerprint density at radius 3 is 2.80 bits per heavy atom. The van der Waals surface area contributed by atoms with Crippen molar-refractivity contribution in [1.29, 1.82) is 0 Å². The highest BCUT2D eigenvalue weighted by molar-refractivity contribution is 7.11. The molecule has 1 aliphatic carbocycles. The fourth-order valence-electron chi connectivity index (χ4n) is 3.67. The number of aliphatic hydroxyl groups is 1. The van der Waals surface area contributed by atoms with Crippen LogP contribution >= 0.6 is 11.3 Å². The maximum atomic E-state index is 9.92. The summed E-state index contributed by atoms with van der Waals surface area (Å²) in [6.45, 7) is 7.78. The second kappa shape index (κ2) is 5.74. The van der Waals surface area contributed by atoms with Crippen molar-refractivity contribution in [3.8, 4) is 0 Å². The first-order valence-electron chi connectivity index (χ1n) is 7.86. The Kier molecular flexibility index (Phi) is 4.16. The zero-order chi connectivity index (χ0) is 14.2. The van der Waals surface area contributed by atoms with Crippen LogP contribution in [0, 0.1) is 25.2 Å². The number of likely N-dealkylation sites (tertiary alicyclic amines) is 1. The van der Waals surface area contributed by atoms with Gasteiger partial charge in [0, 0.05) is 30.0 Å². The molecular formula is C16H26N2OS. The van der Waals surface area contributed by atoms with E-state index in [-0.39, 0.29) is 5.41 Å². The number of aliphatic hydroxyl groups excluding tert-OH is 1. The molecule has 0 bridgehead atoms. The summed E-state index contributed by atoms with van der Waals surface area (Å²) in [4.78, 5) is 8.53. The van der Waals surface area contributed by atoms with E-state index >= 15 is 0 Å². The molecule has 1 saturated heterocycles. The molecule has 1 N–H and O–H groups in total.